The highest BCUT2D eigenvalue weighted by molar-refractivity contribution is 5.77. The van der Waals surface area contributed by atoms with Crippen LogP contribution in [0.2, 0.25) is 0 Å². The molecule has 2 rings (SSSR count). The number of rotatable bonds is 10. The van der Waals surface area contributed by atoms with Gasteiger partial charge in [-0.05, 0) is 61.6 Å². The summed E-state index contributed by atoms with van der Waals surface area (Å²) < 4.78 is 18.0. The third kappa shape index (κ3) is 6.57. The molecular formula is C21H27FN2O3. The third-order valence-electron chi connectivity index (χ3n) is 4.62. The summed E-state index contributed by atoms with van der Waals surface area (Å²) in [5.74, 6) is -0.452. The lowest BCUT2D eigenvalue weighted by Gasteiger charge is -2.19. The highest BCUT2D eigenvalue weighted by Crippen LogP contribution is 2.26. The Morgan fingerprint density at radius 3 is 2.48 bits per heavy atom. The van der Waals surface area contributed by atoms with Gasteiger partial charge in [0.25, 0.3) is 0 Å². The maximum absolute atomic E-state index is 13.0. The zero-order chi connectivity index (χ0) is 19.8. The summed E-state index contributed by atoms with van der Waals surface area (Å²) in [6.07, 6.45) is 2.10. The molecule has 2 aromatic rings. The molecular weight excluding hydrogens is 347 g/mol. The van der Waals surface area contributed by atoms with E-state index in [0.717, 1.165) is 24.0 Å². The number of methoxy groups -OCH3 is 1. The Bertz CT molecular complexity index is 750. The van der Waals surface area contributed by atoms with E-state index in [1.165, 1.54) is 19.2 Å². The fraction of sp³-hybridized carbons (Fsp3) is 0.381. The van der Waals surface area contributed by atoms with Gasteiger partial charge in [0.05, 0.1) is 13.0 Å². The highest BCUT2D eigenvalue weighted by Gasteiger charge is 2.17. The molecule has 5 nitrogen and oxygen atoms in total. The lowest BCUT2D eigenvalue weighted by atomic mass is 9.98. The van der Waals surface area contributed by atoms with E-state index in [2.05, 4.69) is 5.32 Å². The van der Waals surface area contributed by atoms with Crippen LogP contribution in [0.5, 0.6) is 11.5 Å². The van der Waals surface area contributed by atoms with Crippen molar-refractivity contribution in [3.05, 3.63) is 59.4 Å². The second-order valence-corrected chi connectivity index (χ2v) is 6.78. The van der Waals surface area contributed by atoms with E-state index in [1.807, 2.05) is 13.0 Å². The maximum atomic E-state index is 13.0. The average molecular weight is 374 g/mol. The number of carbonyl (C=O) groups excluding carboxylic acids is 1. The van der Waals surface area contributed by atoms with Crippen LogP contribution >= 0.6 is 0 Å². The lowest BCUT2D eigenvalue weighted by Crippen LogP contribution is -2.38. The Morgan fingerprint density at radius 1 is 1.22 bits per heavy atom. The van der Waals surface area contributed by atoms with Crippen molar-refractivity contribution < 1.29 is 19.0 Å². The topological polar surface area (TPSA) is 84.6 Å². The number of aryl methyl sites for hydroxylation is 1. The van der Waals surface area contributed by atoms with E-state index in [1.54, 1.807) is 24.3 Å². The van der Waals surface area contributed by atoms with Crippen LogP contribution in [-0.4, -0.2) is 30.7 Å². The molecule has 0 heterocycles. The van der Waals surface area contributed by atoms with E-state index < -0.39 is 0 Å². The normalized spacial score (nSPS) is 13.1. The molecule has 0 bridgehead atoms. The second kappa shape index (κ2) is 9.92. The molecule has 0 unspecified atom stereocenters. The number of carbonyl (C=O) groups is 1. The van der Waals surface area contributed by atoms with E-state index in [9.17, 15) is 14.3 Å². The molecule has 0 saturated heterocycles. The van der Waals surface area contributed by atoms with Crippen LogP contribution in [0.4, 0.5) is 4.39 Å². The van der Waals surface area contributed by atoms with Crippen LogP contribution < -0.4 is 15.8 Å². The molecule has 0 spiro atoms. The van der Waals surface area contributed by atoms with E-state index in [-0.39, 0.29) is 29.4 Å². The molecule has 2 aromatic carbocycles. The van der Waals surface area contributed by atoms with Crippen LogP contribution in [0.1, 0.15) is 24.5 Å². The number of phenolic OH excluding ortho intramolecular Hbond substituents is 1. The number of primary amides is 1. The van der Waals surface area contributed by atoms with Gasteiger partial charge in [0.15, 0.2) is 11.5 Å². The molecule has 6 heteroatoms. The number of nitrogens with one attached hydrogen (secondary N) is 1. The number of benzene rings is 2. The molecule has 0 saturated carbocycles. The summed E-state index contributed by atoms with van der Waals surface area (Å²) >= 11 is 0. The van der Waals surface area contributed by atoms with Gasteiger partial charge in [-0.3, -0.25) is 4.79 Å². The second-order valence-electron chi connectivity index (χ2n) is 6.78. The number of hydrogen-bond donors (Lipinski definition) is 3. The lowest BCUT2D eigenvalue weighted by molar-refractivity contribution is -0.121. The minimum absolute atomic E-state index is 0.128. The molecule has 146 valence electrons. The molecule has 0 aromatic heterocycles. The zero-order valence-electron chi connectivity index (χ0n) is 15.7. The summed E-state index contributed by atoms with van der Waals surface area (Å²) in [7, 11) is 1.52. The molecule has 1 amide bonds. The van der Waals surface area contributed by atoms with Gasteiger partial charge < -0.3 is 20.9 Å². The van der Waals surface area contributed by atoms with Crippen molar-refractivity contribution in [3.8, 4) is 11.5 Å². The Hall–Kier alpha value is -2.60. The molecule has 0 fully saturated rings. The van der Waals surface area contributed by atoms with Gasteiger partial charge in [0.2, 0.25) is 5.91 Å². The first-order valence-corrected chi connectivity index (χ1v) is 9.02. The van der Waals surface area contributed by atoms with Crippen molar-refractivity contribution in [2.45, 2.75) is 32.2 Å². The Labute approximate surface area is 159 Å². The first-order valence-electron chi connectivity index (χ1n) is 9.02. The van der Waals surface area contributed by atoms with Crippen LogP contribution in [0.25, 0.3) is 0 Å². The van der Waals surface area contributed by atoms with E-state index >= 15 is 0 Å². The number of phenols is 1. The molecule has 0 aliphatic carbocycles. The fourth-order valence-corrected chi connectivity index (χ4v) is 2.90. The van der Waals surface area contributed by atoms with Crippen molar-refractivity contribution in [2.24, 2.45) is 11.7 Å². The number of hydrogen-bond acceptors (Lipinski definition) is 4. The standard InChI is InChI=1S/C21H27FN2O3/c1-14(3-4-16-7-10-20(27-2)19(25)12-16)24-13-17(21(23)26)11-15-5-8-18(22)9-6-15/h5-10,12,14,17,24-25H,3-4,11,13H2,1-2H3,(H2,23,26)/t14-,17+/m1/s1. The quantitative estimate of drug-likeness (QED) is 0.597. The van der Waals surface area contributed by atoms with Crippen molar-refractivity contribution in [2.75, 3.05) is 13.7 Å². The third-order valence-corrected chi connectivity index (χ3v) is 4.62. The number of nitrogens with two attached hydrogens (primary N) is 1. The van der Waals surface area contributed by atoms with Gasteiger partial charge in [-0.1, -0.05) is 18.2 Å². The van der Waals surface area contributed by atoms with Crippen LogP contribution in [0.15, 0.2) is 42.5 Å². The summed E-state index contributed by atoms with van der Waals surface area (Å²) in [6.45, 7) is 2.50. The Kier molecular flexibility index (Phi) is 7.61. The predicted molar refractivity (Wildman–Crippen MR) is 103 cm³/mol. The molecule has 27 heavy (non-hydrogen) atoms. The molecule has 4 N–H and O–H groups in total. The van der Waals surface area contributed by atoms with Gasteiger partial charge in [-0.2, -0.15) is 0 Å². The van der Waals surface area contributed by atoms with Crippen LogP contribution in [-0.2, 0) is 17.6 Å². The molecule has 0 radical (unpaired) electrons. The zero-order valence-corrected chi connectivity index (χ0v) is 15.7. The van der Waals surface area contributed by atoms with Gasteiger partial charge in [0.1, 0.15) is 5.82 Å². The average Bonchev–Trinajstić information content (AvgIpc) is 2.64. The molecule has 0 aliphatic rings. The fourth-order valence-electron chi connectivity index (χ4n) is 2.90. The van der Waals surface area contributed by atoms with Crippen LogP contribution in [0.3, 0.4) is 0 Å². The Morgan fingerprint density at radius 2 is 1.89 bits per heavy atom. The van der Waals surface area contributed by atoms with Crippen molar-refractivity contribution >= 4 is 5.91 Å². The molecule has 0 aliphatic heterocycles. The summed E-state index contributed by atoms with van der Waals surface area (Å²) in [4.78, 5) is 11.7. The van der Waals surface area contributed by atoms with Crippen molar-refractivity contribution in [3.63, 3.8) is 0 Å². The van der Waals surface area contributed by atoms with Crippen molar-refractivity contribution in [1.29, 1.82) is 0 Å². The van der Waals surface area contributed by atoms with E-state index in [0.29, 0.717) is 18.7 Å². The number of aromatic hydroxyl groups is 1. The monoisotopic (exact) mass is 374 g/mol. The first kappa shape index (κ1) is 20.7. The minimum Gasteiger partial charge on any atom is -0.504 e. The van der Waals surface area contributed by atoms with Crippen LogP contribution in [0, 0.1) is 11.7 Å². The predicted octanol–water partition coefficient (Wildman–Crippen LogP) is 2.79. The SMILES string of the molecule is COc1ccc(CC[C@@H](C)NC[C@H](Cc2ccc(F)cc2)C(N)=O)cc1O. The summed E-state index contributed by atoms with van der Waals surface area (Å²) in [6, 6.07) is 11.6. The van der Waals surface area contributed by atoms with Gasteiger partial charge in [0, 0.05) is 12.6 Å². The van der Waals surface area contributed by atoms with Gasteiger partial charge >= 0.3 is 0 Å². The van der Waals surface area contributed by atoms with E-state index in [4.69, 9.17) is 10.5 Å². The van der Waals surface area contributed by atoms with Gasteiger partial charge in [-0.15, -0.1) is 0 Å². The summed E-state index contributed by atoms with van der Waals surface area (Å²) in [5.41, 5.74) is 7.41. The first-order chi connectivity index (χ1) is 12.9. The minimum atomic E-state index is -0.376. The Balaban J connectivity index is 1.82. The highest BCUT2D eigenvalue weighted by atomic mass is 19.1. The number of amides is 1. The summed E-state index contributed by atoms with van der Waals surface area (Å²) in [5, 5.41) is 13.2. The number of ether oxygens (including phenoxy) is 1. The maximum Gasteiger partial charge on any atom is 0.222 e. The largest absolute Gasteiger partial charge is 0.504 e. The van der Waals surface area contributed by atoms with Gasteiger partial charge in [-0.25, -0.2) is 4.39 Å². The van der Waals surface area contributed by atoms with Crippen molar-refractivity contribution in [1.82, 2.24) is 5.32 Å². The molecule has 2 atom stereocenters. The number of halogens is 1. The smallest absolute Gasteiger partial charge is 0.222 e.